The van der Waals surface area contributed by atoms with Gasteiger partial charge in [0.25, 0.3) is 0 Å². The smallest absolute Gasteiger partial charge is 0.152 e. The topological polar surface area (TPSA) is 46.0 Å². The van der Waals surface area contributed by atoms with Gasteiger partial charge in [-0.15, -0.1) is 0 Å². The molecule has 0 aliphatic carbocycles. The van der Waals surface area contributed by atoms with Crippen molar-refractivity contribution in [3.63, 3.8) is 0 Å². The molecular weight excluding hydrogens is 389 g/mol. The summed E-state index contributed by atoms with van der Waals surface area (Å²) >= 11 is 0. The average molecular weight is 422 g/mol. The minimum absolute atomic E-state index is 0.218. The van der Waals surface area contributed by atoms with Crippen LogP contribution in [-0.2, 0) is 7.05 Å². The van der Waals surface area contributed by atoms with Gasteiger partial charge in [-0.25, -0.2) is 9.37 Å². The third-order valence-corrected chi connectivity index (χ3v) is 5.93. The lowest BCUT2D eigenvalue weighted by molar-refractivity contribution is 0.0696. The van der Waals surface area contributed by atoms with Crippen LogP contribution in [0, 0.1) is 5.41 Å². The van der Waals surface area contributed by atoms with Crippen molar-refractivity contribution in [2.24, 2.45) is 12.5 Å². The highest BCUT2D eigenvalue weighted by atomic mass is 19.1. The first-order valence-corrected chi connectivity index (χ1v) is 10.9. The molecule has 164 valence electrons. The lowest BCUT2D eigenvalue weighted by Crippen LogP contribution is -2.46. The molecule has 1 saturated heterocycles. The molecular formula is C25H32FN5. The Morgan fingerprint density at radius 3 is 2.52 bits per heavy atom. The van der Waals surface area contributed by atoms with Gasteiger partial charge in [0.15, 0.2) is 5.67 Å². The normalized spacial score (nSPS) is 17.1. The van der Waals surface area contributed by atoms with Crippen molar-refractivity contribution in [1.82, 2.24) is 19.7 Å². The minimum Gasteiger partial charge on any atom is -0.341 e. The third-order valence-electron chi connectivity index (χ3n) is 5.93. The molecule has 31 heavy (non-hydrogen) atoms. The second-order valence-electron chi connectivity index (χ2n) is 9.94. The van der Waals surface area contributed by atoms with Crippen molar-refractivity contribution in [1.29, 1.82) is 0 Å². The summed E-state index contributed by atoms with van der Waals surface area (Å²) in [5.74, 6) is 0.620. The molecule has 0 unspecified atom stereocenters. The SMILES string of the molecule is C=C(Nc1cc2cc(-c3cnn(C)c3)ccc2cn1)C1(F)CCN(CC(C)(C)C)CC1. The fraction of sp³-hybridized carbons (Fsp3) is 0.440. The second-order valence-corrected chi connectivity index (χ2v) is 9.94. The van der Waals surface area contributed by atoms with E-state index in [1.807, 2.05) is 37.8 Å². The van der Waals surface area contributed by atoms with E-state index in [1.54, 1.807) is 4.68 Å². The van der Waals surface area contributed by atoms with E-state index in [0.717, 1.165) is 41.5 Å². The highest BCUT2D eigenvalue weighted by Crippen LogP contribution is 2.35. The van der Waals surface area contributed by atoms with Crippen LogP contribution in [0.5, 0.6) is 0 Å². The molecule has 3 aromatic rings. The number of aromatic nitrogens is 3. The average Bonchev–Trinajstić information content (AvgIpc) is 3.14. The van der Waals surface area contributed by atoms with Gasteiger partial charge >= 0.3 is 0 Å². The summed E-state index contributed by atoms with van der Waals surface area (Å²) in [7, 11) is 1.91. The van der Waals surface area contributed by atoms with E-state index in [-0.39, 0.29) is 5.41 Å². The molecule has 0 bridgehead atoms. The molecule has 6 heteroatoms. The van der Waals surface area contributed by atoms with Gasteiger partial charge in [-0.3, -0.25) is 4.68 Å². The van der Waals surface area contributed by atoms with Crippen molar-refractivity contribution in [3.8, 4) is 11.1 Å². The molecule has 0 spiro atoms. The summed E-state index contributed by atoms with van der Waals surface area (Å²) in [6, 6.07) is 8.18. The number of alkyl halides is 1. The maximum Gasteiger partial charge on any atom is 0.152 e. The van der Waals surface area contributed by atoms with Crippen LogP contribution in [0.25, 0.3) is 21.9 Å². The fourth-order valence-electron chi connectivity index (χ4n) is 4.26. The standard InChI is InChI=1S/C25H32FN5/c1-18(25(26)8-10-31(11-9-25)17-24(2,3)4)29-23-13-21-12-19(6-7-20(21)14-27-23)22-15-28-30(5)16-22/h6-7,12-16H,1,8-11,17H2,2-5H3,(H,27,29). The number of hydrogen-bond donors (Lipinski definition) is 1. The Labute approximate surface area is 184 Å². The molecule has 1 fully saturated rings. The summed E-state index contributed by atoms with van der Waals surface area (Å²) in [4.78, 5) is 6.82. The highest BCUT2D eigenvalue weighted by Gasteiger charge is 2.38. The van der Waals surface area contributed by atoms with Crippen LogP contribution in [0.2, 0.25) is 0 Å². The Balaban J connectivity index is 1.47. The number of piperidine rings is 1. The fourth-order valence-corrected chi connectivity index (χ4v) is 4.26. The van der Waals surface area contributed by atoms with Crippen molar-refractivity contribution < 1.29 is 4.39 Å². The Kier molecular flexibility index (Phi) is 5.60. The zero-order chi connectivity index (χ0) is 22.2. The van der Waals surface area contributed by atoms with E-state index in [2.05, 4.69) is 59.8 Å². The number of aryl methyl sites for hydroxylation is 1. The van der Waals surface area contributed by atoms with Crippen LogP contribution in [0.3, 0.4) is 0 Å². The third kappa shape index (κ3) is 4.96. The van der Waals surface area contributed by atoms with Gasteiger partial charge < -0.3 is 10.2 Å². The number of likely N-dealkylation sites (tertiary alicyclic amines) is 1. The van der Waals surface area contributed by atoms with E-state index in [4.69, 9.17) is 0 Å². The number of rotatable bonds is 5. The molecule has 0 saturated carbocycles. The number of nitrogens with one attached hydrogen (secondary N) is 1. The summed E-state index contributed by atoms with van der Waals surface area (Å²) in [5, 5.41) is 9.48. The number of fused-ring (bicyclic) bond motifs is 1. The maximum absolute atomic E-state index is 15.6. The molecule has 1 aliphatic rings. The number of hydrogen-bond acceptors (Lipinski definition) is 4. The lowest BCUT2D eigenvalue weighted by Gasteiger charge is -2.40. The Bertz CT molecular complexity index is 1090. The van der Waals surface area contributed by atoms with Crippen LogP contribution in [-0.4, -0.2) is 45.0 Å². The molecule has 1 aliphatic heterocycles. The first kappa shape index (κ1) is 21.5. The monoisotopic (exact) mass is 421 g/mol. The van der Waals surface area contributed by atoms with Gasteiger partial charge in [-0.05, 0) is 41.3 Å². The number of allylic oxidation sites excluding steroid dienone is 1. The van der Waals surface area contributed by atoms with Crippen molar-refractivity contribution in [2.45, 2.75) is 39.3 Å². The molecule has 5 nitrogen and oxygen atoms in total. The summed E-state index contributed by atoms with van der Waals surface area (Å²) < 4.78 is 17.4. The molecule has 0 radical (unpaired) electrons. The molecule has 0 amide bonds. The largest absolute Gasteiger partial charge is 0.341 e. The minimum atomic E-state index is -1.41. The Morgan fingerprint density at radius 1 is 1.13 bits per heavy atom. The Hall–Kier alpha value is -2.73. The van der Waals surface area contributed by atoms with E-state index in [9.17, 15) is 0 Å². The molecule has 1 aromatic carbocycles. The number of anilines is 1. The van der Waals surface area contributed by atoms with Gasteiger partial charge in [0, 0.05) is 55.7 Å². The van der Waals surface area contributed by atoms with Gasteiger partial charge in [0.05, 0.1) is 6.20 Å². The Morgan fingerprint density at radius 2 is 1.87 bits per heavy atom. The number of nitrogens with zero attached hydrogens (tertiary/aromatic N) is 4. The van der Waals surface area contributed by atoms with Crippen molar-refractivity contribution in [3.05, 3.63) is 55.1 Å². The number of halogens is 1. The second kappa shape index (κ2) is 8.08. The number of pyridine rings is 1. The highest BCUT2D eigenvalue weighted by molar-refractivity contribution is 5.88. The van der Waals surface area contributed by atoms with Crippen LogP contribution in [0.1, 0.15) is 33.6 Å². The maximum atomic E-state index is 15.6. The van der Waals surface area contributed by atoms with Crippen LogP contribution in [0.4, 0.5) is 10.2 Å². The van der Waals surface area contributed by atoms with Crippen LogP contribution >= 0.6 is 0 Å². The number of benzene rings is 1. The molecule has 4 rings (SSSR count). The quantitative estimate of drug-likeness (QED) is 0.598. The van der Waals surface area contributed by atoms with E-state index in [0.29, 0.717) is 24.4 Å². The summed E-state index contributed by atoms with van der Waals surface area (Å²) in [6.07, 6.45) is 6.56. The molecule has 2 aromatic heterocycles. The van der Waals surface area contributed by atoms with E-state index in [1.165, 1.54) is 0 Å². The van der Waals surface area contributed by atoms with Gasteiger partial charge in [0.1, 0.15) is 5.82 Å². The molecule has 0 atom stereocenters. The first-order valence-electron chi connectivity index (χ1n) is 10.9. The first-order chi connectivity index (χ1) is 14.6. The molecule has 3 heterocycles. The predicted octanol–water partition coefficient (Wildman–Crippen LogP) is 5.41. The van der Waals surface area contributed by atoms with Crippen LogP contribution in [0.15, 0.2) is 55.1 Å². The zero-order valence-corrected chi connectivity index (χ0v) is 19.0. The van der Waals surface area contributed by atoms with Crippen molar-refractivity contribution in [2.75, 3.05) is 25.0 Å². The van der Waals surface area contributed by atoms with Crippen LogP contribution < -0.4 is 5.32 Å². The van der Waals surface area contributed by atoms with E-state index >= 15 is 4.39 Å². The van der Waals surface area contributed by atoms with E-state index < -0.39 is 5.67 Å². The predicted molar refractivity (Wildman–Crippen MR) is 126 cm³/mol. The lowest BCUT2D eigenvalue weighted by atomic mass is 9.88. The van der Waals surface area contributed by atoms with Gasteiger partial charge in [-0.2, -0.15) is 5.10 Å². The zero-order valence-electron chi connectivity index (χ0n) is 19.0. The van der Waals surface area contributed by atoms with Gasteiger partial charge in [-0.1, -0.05) is 39.5 Å². The summed E-state index contributed by atoms with van der Waals surface area (Å²) in [6.45, 7) is 13.2. The van der Waals surface area contributed by atoms with Gasteiger partial charge in [0.2, 0.25) is 0 Å². The molecule has 1 N–H and O–H groups in total. The summed E-state index contributed by atoms with van der Waals surface area (Å²) in [5.41, 5.74) is 1.35. The van der Waals surface area contributed by atoms with Crippen molar-refractivity contribution >= 4 is 16.6 Å².